The number of carbonyl (C=O) groups excluding carboxylic acids is 3. The van der Waals surface area contributed by atoms with Gasteiger partial charge in [0, 0.05) is 0 Å². The van der Waals surface area contributed by atoms with Crippen LogP contribution in [0, 0.1) is 5.82 Å². The maximum Gasteiger partial charge on any atom is 0.416 e. The van der Waals surface area contributed by atoms with Crippen LogP contribution in [0.5, 0.6) is 0 Å². The number of nitrogens with one attached hydrogen (secondary N) is 2. The molecule has 0 atom stereocenters. The van der Waals surface area contributed by atoms with Gasteiger partial charge in [0.2, 0.25) is 0 Å². The highest BCUT2D eigenvalue weighted by Crippen LogP contribution is 2.29. The van der Waals surface area contributed by atoms with Gasteiger partial charge in [-0.2, -0.15) is 13.2 Å². The Labute approximate surface area is 150 Å². The molecule has 0 fully saturated rings. The Kier molecular flexibility index (Phi) is 6.11. The van der Waals surface area contributed by atoms with Crippen LogP contribution in [0.1, 0.15) is 26.3 Å². The summed E-state index contributed by atoms with van der Waals surface area (Å²) in [5, 5.41) is 0. The molecule has 2 aromatic carbocycles. The molecule has 0 aromatic heterocycles. The molecule has 0 spiro atoms. The molecule has 0 saturated carbocycles. The smallest absolute Gasteiger partial charge is 0.416 e. The van der Waals surface area contributed by atoms with Gasteiger partial charge in [-0.3, -0.25) is 20.4 Å². The summed E-state index contributed by atoms with van der Waals surface area (Å²) in [4.78, 5) is 35.0. The zero-order chi connectivity index (χ0) is 20.0. The van der Waals surface area contributed by atoms with Crippen molar-refractivity contribution in [1.82, 2.24) is 10.9 Å². The van der Waals surface area contributed by atoms with Crippen LogP contribution in [0.3, 0.4) is 0 Å². The summed E-state index contributed by atoms with van der Waals surface area (Å²) in [5.41, 5.74) is 2.04. The fourth-order valence-corrected chi connectivity index (χ4v) is 1.91. The summed E-state index contributed by atoms with van der Waals surface area (Å²) in [6.45, 7) is -0.868. The molecule has 0 aliphatic rings. The second kappa shape index (κ2) is 8.30. The monoisotopic (exact) mass is 384 g/mol. The van der Waals surface area contributed by atoms with Crippen molar-refractivity contribution in [2.75, 3.05) is 6.61 Å². The molecule has 142 valence electrons. The van der Waals surface area contributed by atoms with E-state index in [1.54, 1.807) is 0 Å². The molecule has 2 aromatic rings. The van der Waals surface area contributed by atoms with Gasteiger partial charge in [-0.1, -0.05) is 18.2 Å². The van der Waals surface area contributed by atoms with Crippen molar-refractivity contribution in [1.29, 1.82) is 0 Å². The summed E-state index contributed by atoms with van der Waals surface area (Å²) in [7, 11) is 0. The third kappa shape index (κ3) is 5.53. The highest BCUT2D eigenvalue weighted by Gasteiger charge is 2.31. The van der Waals surface area contributed by atoms with E-state index in [1.807, 2.05) is 10.9 Å². The third-order valence-electron chi connectivity index (χ3n) is 3.19. The van der Waals surface area contributed by atoms with E-state index in [2.05, 4.69) is 4.74 Å². The van der Waals surface area contributed by atoms with E-state index in [-0.39, 0.29) is 5.56 Å². The average molecular weight is 384 g/mol. The number of halogens is 4. The molecule has 0 bridgehead atoms. The number of benzene rings is 2. The first kappa shape index (κ1) is 19.9. The number of hydrogen-bond donors (Lipinski definition) is 2. The standard InChI is InChI=1S/C17H12F4N2O4/c18-13-7-2-1-6-12(13)15(25)23-22-14(24)9-27-16(26)10-4-3-5-11(8-10)17(19,20)21/h1-8H,9H2,(H,22,24)(H,23,25). The number of amides is 2. The Morgan fingerprint density at radius 3 is 2.33 bits per heavy atom. The first-order valence-electron chi connectivity index (χ1n) is 7.36. The first-order valence-corrected chi connectivity index (χ1v) is 7.36. The van der Waals surface area contributed by atoms with E-state index >= 15 is 0 Å². The minimum absolute atomic E-state index is 0.321. The van der Waals surface area contributed by atoms with Crippen LogP contribution in [0.4, 0.5) is 17.6 Å². The van der Waals surface area contributed by atoms with Crippen molar-refractivity contribution in [2.45, 2.75) is 6.18 Å². The van der Waals surface area contributed by atoms with E-state index in [0.717, 1.165) is 24.3 Å². The number of ether oxygens (including phenoxy) is 1. The van der Waals surface area contributed by atoms with Crippen molar-refractivity contribution in [3.63, 3.8) is 0 Å². The van der Waals surface area contributed by atoms with E-state index in [4.69, 9.17) is 0 Å². The van der Waals surface area contributed by atoms with Crippen molar-refractivity contribution >= 4 is 17.8 Å². The predicted molar refractivity (Wildman–Crippen MR) is 83.7 cm³/mol. The van der Waals surface area contributed by atoms with Crippen molar-refractivity contribution in [3.05, 3.63) is 71.0 Å². The lowest BCUT2D eigenvalue weighted by atomic mass is 10.1. The number of carbonyl (C=O) groups is 3. The van der Waals surface area contributed by atoms with Gasteiger partial charge in [0.15, 0.2) is 6.61 Å². The highest BCUT2D eigenvalue weighted by molar-refractivity contribution is 5.96. The molecular formula is C17H12F4N2O4. The maximum absolute atomic E-state index is 13.4. The molecule has 10 heteroatoms. The van der Waals surface area contributed by atoms with Gasteiger partial charge in [0.1, 0.15) is 5.82 Å². The molecule has 0 aliphatic carbocycles. The SMILES string of the molecule is O=C(COC(=O)c1cccc(C(F)(F)F)c1)NNC(=O)c1ccccc1F. The third-order valence-corrected chi connectivity index (χ3v) is 3.19. The average Bonchev–Trinajstić information content (AvgIpc) is 2.64. The van der Waals surface area contributed by atoms with E-state index in [9.17, 15) is 31.9 Å². The second-order valence-corrected chi connectivity index (χ2v) is 5.14. The van der Waals surface area contributed by atoms with E-state index < -0.39 is 47.5 Å². The quantitative estimate of drug-likeness (QED) is 0.482. The molecule has 0 saturated heterocycles. The van der Waals surface area contributed by atoms with Gasteiger partial charge in [-0.05, 0) is 30.3 Å². The lowest BCUT2D eigenvalue weighted by Gasteiger charge is -2.10. The minimum atomic E-state index is -4.63. The molecule has 6 nitrogen and oxygen atoms in total. The minimum Gasteiger partial charge on any atom is -0.452 e. The Balaban J connectivity index is 1.86. The van der Waals surface area contributed by atoms with Crippen LogP contribution in [-0.2, 0) is 15.7 Å². The Morgan fingerprint density at radius 1 is 0.963 bits per heavy atom. The van der Waals surface area contributed by atoms with E-state index in [0.29, 0.717) is 6.07 Å². The van der Waals surface area contributed by atoms with Gasteiger partial charge >= 0.3 is 12.1 Å². The van der Waals surface area contributed by atoms with Crippen LogP contribution in [-0.4, -0.2) is 24.4 Å². The van der Waals surface area contributed by atoms with Gasteiger partial charge in [0.05, 0.1) is 16.7 Å². The number of hydrazine groups is 1. The van der Waals surface area contributed by atoms with Crippen molar-refractivity contribution < 1.29 is 36.7 Å². The number of hydrogen-bond acceptors (Lipinski definition) is 4. The number of alkyl halides is 3. The van der Waals surface area contributed by atoms with Gasteiger partial charge in [-0.25, -0.2) is 9.18 Å². The maximum atomic E-state index is 13.4. The Morgan fingerprint density at radius 2 is 1.67 bits per heavy atom. The topological polar surface area (TPSA) is 84.5 Å². The van der Waals surface area contributed by atoms with Crippen LogP contribution < -0.4 is 10.9 Å². The molecule has 0 unspecified atom stereocenters. The molecule has 2 N–H and O–H groups in total. The molecule has 0 aliphatic heterocycles. The summed E-state index contributed by atoms with van der Waals surface area (Å²) in [6, 6.07) is 8.50. The molecular weight excluding hydrogens is 372 g/mol. The van der Waals surface area contributed by atoms with Crippen LogP contribution in [0.15, 0.2) is 48.5 Å². The van der Waals surface area contributed by atoms with Gasteiger partial charge in [0.25, 0.3) is 11.8 Å². The number of esters is 1. The lowest BCUT2D eigenvalue weighted by molar-refractivity contribution is -0.137. The lowest BCUT2D eigenvalue weighted by Crippen LogP contribution is -2.43. The molecule has 0 radical (unpaired) electrons. The van der Waals surface area contributed by atoms with Crippen molar-refractivity contribution in [3.8, 4) is 0 Å². The summed E-state index contributed by atoms with van der Waals surface area (Å²) in [5.74, 6) is -3.87. The Hall–Kier alpha value is -3.43. The zero-order valence-electron chi connectivity index (χ0n) is 13.5. The van der Waals surface area contributed by atoms with Gasteiger partial charge in [-0.15, -0.1) is 0 Å². The summed E-state index contributed by atoms with van der Waals surface area (Å²) < 4.78 is 55.8. The normalized spacial score (nSPS) is 10.8. The fraction of sp³-hybridized carbons (Fsp3) is 0.118. The molecule has 0 heterocycles. The highest BCUT2D eigenvalue weighted by atomic mass is 19.4. The van der Waals surface area contributed by atoms with Gasteiger partial charge < -0.3 is 4.74 Å². The summed E-state index contributed by atoms with van der Waals surface area (Å²) in [6.07, 6.45) is -4.63. The van der Waals surface area contributed by atoms with Crippen LogP contribution >= 0.6 is 0 Å². The van der Waals surface area contributed by atoms with E-state index in [1.165, 1.54) is 18.2 Å². The van der Waals surface area contributed by atoms with Crippen LogP contribution in [0.25, 0.3) is 0 Å². The first-order chi connectivity index (χ1) is 12.7. The van der Waals surface area contributed by atoms with Crippen molar-refractivity contribution in [2.24, 2.45) is 0 Å². The second-order valence-electron chi connectivity index (χ2n) is 5.14. The predicted octanol–water partition coefficient (Wildman–Crippen LogP) is 2.46. The summed E-state index contributed by atoms with van der Waals surface area (Å²) >= 11 is 0. The molecule has 27 heavy (non-hydrogen) atoms. The largest absolute Gasteiger partial charge is 0.452 e. The molecule has 2 amide bonds. The number of rotatable bonds is 4. The fourth-order valence-electron chi connectivity index (χ4n) is 1.91. The van der Waals surface area contributed by atoms with Crippen LogP contribution in [0.2, 0.25) is 0 Å². The zero-order valence-corrected chi connectivity index (χ0v) is 13.5. The Bertz CT molecular complexity index is 868. The molecule has 2 rings (SSSR count).